The number of rotatable bonds is 22. The summed E-state index contributed by atoms with van der Waals surface area (Å²) in [5, 5.41) is 15.6. The number of anilines is 1. The summed E-state index contributed by atoms with van der Waals surface area (Å²) in [6.07, 6.45) is 0.801. The molecule has 0 bridgehead atoms. The first-order valence-corrected chi connectivity index (χ1v) is 17.1. The van der Waals surface area contributed by atoms with Crippen LogP contribution in [0.5, 0.6) is 5.75 Å². The van der Waals surface area contributed by atoms with Crippen molar-refractivity contribution in [2.24, 2.45) is 5.92 Å². The Morgan fingerprint density at radius 1 is 0.923 bits per heavy atom. The van der Waals surface area contributed by atoms with Crippen molar-refractivity contribution in [3.8, 4) is 5.75 Å². The fourth-order valence-electron chi connectivity index (χ4n) is 4.96. The molecule has 0 radical (unpaired) electrons. The van der Waals surface area contributed by atoms with E-state index in [1.165, 1.54) is 33.9 Å². The van der Waals surface area contributed by atoms with Gasteiger partial charge < -0.3 is 46.1 Å². The van der Waals surface area contributed by atoms with E-state index in [0.29, 0.717) is 30.6 Å². The number of carbonyl (C=O) groups is 8. The van der Waals surface area contributed by atoms with E-state index in [9.17, 15) is 38.4 Å². The molecule has 18 nitrogen and oxygen atoms in total. The predicted molar refractivity (Wildman–Crippen MR) is 187 cm³/mol. The van der Waals surface area contributed by atoms with E-state index in [2.05, 4.69) is 31.9 Å². The van der Waals surface area contributed by atoms with Crippen LogP contribution in [0.25, 0.3) is 0 Å². The fourth-order valence-corrected chi connectivity index (χ4v) is 4.96. The van der Waals surface area contributed by atoms with E-state index in [1.807, 2.05) is 0 Å². The second-order valence-electron chi connectivity index (χ2n) is 12.1. The van der Waals surface area contributed by atoms with Crippen LogP contribution in [0.15, 0.2) is 18.2 Å². The zero-order valence-corrected chi connectivity index (χ0v) is 30.4. The molecule has 6 N–H and O–H groups in total. The van der Waals surface area contributed by atoms with Crippen molar-refractivity contribution in [2.75, 3.05) is 51.8 Å². The number of imide groups is 1. The number of nitrogens with one attached hydrogen (secondary N) is 6. The molecular weight excluding hydrogens is 682 g/mol. The van der Waals surface area contributed by atoms with Gasteiger partial charge in [-0.2, -0.15) is 0 Å². The van der Waals surface area contributed by atoms with E-state index < -0.39 is 35.9 Å². The molecule has 3 atom stereocenters. The Bertz CT molecular complexity index is 1440. The van der Waals surface area contributed by atoms with Crippen molar-refractivity contribution in [1.29, 1.82) is 0 Å². The van der Waals surface area contributed by atoms with Crippen LogP contribution in [-0.4, -0.2) is 111 Å². The minimum absolute atomic E-state index is 0.0109. The third kappa shape index (κ3) is 15.7. The van der Waals surface area contributed by atoms with Gasteiger partial charge in [0.15, 0.2) is 0 Å². The smallest absolute Gasteiger partial charge is 0.407 e. The first kappa shape index (κ1) is 42.9. The van der Waals surface area contributed by atoms with Crippen molar-refractivity contribution in [2.45, 2.75) is 78.5 Å². The Hall–Kier alpha value is -5.26. The third-order valence-corrected chi connectivity index (χ3v) is 7.72. The summed E-state index contributed by atoms with van der Waals surface area (Å²) < 4.78 is 16.6. The number of benzene rings is 1. The van der Waals surface area contributed by atoms with Gasteiger partial charge in [0, 0.05) is 76.6 Å². The number of likely N-dealkylation sites (tertiary alicyclic amines) is 1. The molecule has 1 unspecified atom stereocenters. The van der Waals surface area contributed by atoms with E-state index in [0.717, 1.165) is 4.90 Å². The van der Waals surface area contributed by atoms with Gasteiger partial charge in [0.25, 0.3) is 0 Å². The summed E-state index contributed by atoms with van der Waals surface area (Å²) in [5.74, 6) is -2.61. The average Bonchev–Trinajstić information content (AvgIpc) is 3.33. The van der Waals surface area contributed by atoms with E-state index in [-0.39, 0.29) is 94.1 Å². The minimum atomic E-state index is -0.968. The first-order chi connectivity index (χ1) is 24.7. The number of hydrogen-bond acceptors (Lipinski definition) is 11. The van der Waals surface area contributed by atoms with Crippen LogP contribution >= 0.6 is 0 Å². The fraction of sp³-hybridized carbons (Fsp3) is 0.588. The summed E-state index contributed by atoms with van der Waals surface area (Å²) in [4.78, 5) is 97.6. The van der Waals surface area contributed by atoms with Crippen LogP contribution < -0.4 is 36.6 Å². The van der Waals surface area contributed by atoms with Crippen molar-refractivity contribution in [1.82, 2.24) is 31.5 Å². The molecule has 18 heteroatoms. The van der Waals surface area contributed by atoms with Gasteiger partial charge in [0.05, 0.1) is 13.2 Å². The van der Waals surface area contributed by atoms with Gasteiger partial charge in [-0.1, -0.05) is 6.92 Å². The Kier molecular flexibility index (Phi) is 18.6. The molecule has 0 aromatic heterocycles. The van der Waals surface area contributed by atoms with Crippen LogP contribution in [-0.2, 0) is 49.6 Å². The summed E-state index contributed by atoms with van der Waals surface area (Å²) >= 11 is 0. The molecule has 1 heterocycles. The molecule has 2 rings (SSSR count). The Labute approximate surface area is 302 Å². The molecule has 288 valence electrons. The van der Waals surface area contributed by atoms with Gasteiger partial charge in [0.1, 0.15) is 31.0 Å². The second kappa shape index (κ2) is 22.5. The van der Waals surface area contributed by atoms with E-state index >= 15 is 0 Å². The zero-order valence-electron chi connectivity index (χ0n) is 30.4. The summed E-state index contributed by atoms with van der Waals surface area (Å²) in [5.41, 5.74) is 0.816. The molecule has 52 heavy (non-hydrogen) atoms. The van der Waals surface area contributed by atoms with Gasteiger partial charge in [-0.25, -0.2) is 4.79 Å². The Morgan fingerprint density at radius 3 is 2.33 bits per heavy atom. The number of hydrogen-bond donors (Lipinski definition) is 6. The van der Waals surface area contributed by atoms with Crippen molar-refractivity contribution in [3.63, 3.8) is 0 Å². The van der Waals surface area contributed by atoms with Crippen molar-refractivity contribution in [3.05, 3.63) is 23.8 Å². The lowest BCUT2D eigenvalue weighted by Crippen LogP contribution is -2.51. The first-order valence-electron chi connectivity index (χ1n) is 17.1. The van der Waals surface area contributed by atoms with Crippen LogP contribution in [0.4, 0.5) is 10.5 Å². The largest absolute Gasteiger partial charge is 0.491 e. The molecule has 1 saturated heterocycles. The molecule has 8 amide bonds. The van der Waals surface area contributed by atoms with Crippen molar-refractivity contribution < 1.29 is 52.6 Å². The number of amides is 8. The van der Waals surface area contributed by atoms with E-state index in [4.69, 9.17) is 14.2 Å². The normalized spacial score (nSPS) is 14.9. The van der Waals surface area contributed by atoms with Gasteiger partial charge in [0.2, 0.25) is 41.4 Å². The van der Waals surface area contributed by atoms with E-state index in [1.54, 1.807) is 19.1 Å². The Morgan fingerprint density at radius 2 is 1.67 bits per heavy atom. The molecular formula is C34H51N7O11. The standard InChI is InChI=1S/C34H51N7O11/c1-21-18-30(45)41(33(21)48)14-11-29(44)37-13-15-50-16-17-51-28-19-26(10-9-25(28)20-52-34(49)35-5)39-32(47)27(8-6-7-12-36-23(3)42)40-31(46)22(2)38-24(4)43/h9-10,19,21-22,27H,6-8,11-18,20H2,1-5H3,(H,35,49)(H,36,42)(H,37,44)(H,38,43)(H,39,47)(H,40,46)/t21?,22-,27-/m0/s1. The lowest BCUT2D eigenvalue weighted by molar-refractivity contribution is -0.139. The Balaban J connectivity index is 1.97. The number of unbranched alkanes of at least 4 members (excludes halogenated alkanes) is 1. The molecule has 1 aromatic rings. The monoisotopic (exact) mass is 733 g/mol. The number of nitrogens with zero attached hydrogens (tertiary/aromatic N) is 1. The highest BCUT2D eigenvalue weighted by Crippen LogP contribution is 2.25. The number of alkyl carbamates (subject to hydrolysis) is 1. The third-order valence-electron chi connectivity index (χ3n) is 7.72. The van der Waals surface area contributed by atoms with Gasteiger partial charge in [-0.05, 0) is 38.3 Å². The molecule has 1 fully saturated rings. The SMILES string of the molecule is CNC(=O)OCc1ccc(NC(=O)[C@H](CCCCNC(C)=O)NC(=O)[C@H](C)NC(C)=O)cc1OCCOCCNC(=O)CCN1C(=O)CC(C)C1=O. The highest BCUT2D eigenvalue weighted by atomic mass is 16.6. The summed E-state index contributed by atoms with van der Waals surface area (Å²) in [6.45, 7) is 6.68. The number of ether oxygens (including phenoxy) is 3. The van der Waals surface area contributed by atoms with Gasteiger partial charge in [-0.15, -0.1) is 0 Å². The van der Waals surface area contributed by atoms with Crippen LogP contribution in [0.3, 0.4) is 0 Å². The summed E-state index contributed by atoms with van der Waals surface area (Å²) in [6, 6.07) is 2.87. The predicted octanol–water partition coefficient (Wildman–Crippen LogP) is 0.0936. The zero-order chi connectivity index (χ0) is 38.6. The van der Waals surface area contributed by atoms with Crippen LogP contribution in [0.2, 0.25) is 0 Å². The van der Waals surface area contributed by atoms with Crippen LogP contribution in [0, 0.1) is 5.92 Å². The maximum atomic E-state index is 13.4. The lowest BCUT2D eigenvalue weighted by atomic mass is 10.1. The highest BCUT2D eigenvalue weighted by molar-refractivity contribution is 6.03. The average molecular weight is 734 g/mol. The highest BCUT2D eigenvalue weighted by Gasteiger charge is 2.35. The van der Waals surface area contributed by atoms with Crippen molar-refractivity contribution >= 4 is 53.1 Å². The molecule has 1 aromatic carbocycles. The topological polar surface area (TPSA) is 240 Å². The summed E-state index contributed by atoms with van der Waals surface area (Å²) in [7, 11) is 1.42. The maximum absolute atomic E-state index is 13.4. The van der Waals surface area contributed by atoms with Crippen LogP contribution in [0.1, 0.15) is 65.4 Å². The molecule has 0 spiro atoms. The second-order valence-corrected chi connectivity index (χ2v) is 12.1. The molecule has 0 saturated carbocycles. The maximum Gasteiger partial charge on any atom is 0.407 e. The lowest BCUT2D eigenvalue weighted by Gasteiger charge is -2.21. The van der Waals surface area contributed by atoms with Gasteiger partial charge in [-0.3, -0.25) is 38.5 Å². The number of carbonyl (C=O) groups excluding carboxylic acids is 8. The minimum Gasteiger partial charge on any atom is -0.491 e. The quantitative estimate of drug-likeness (QED) is 0.0690. The molecule has 1 aliphatic rings. The molecule has 1 aliphatic heterocycles. The molecule has 0 aliphatic carbocycles. The van der Waals surface area contributed by atoms with Gasteiger partial charge >= 0.3 is 6.09 Å².